The molecular weight excluding hydrogens is 347 g/mol. The second-order valence-corrected chi connectivity index (χ2v) is 6.90. The van der Waals surface area contributed by atoms with Crippen molar-refractivity contribution in [2.45, 2.75) is 12.5 Å². The molecule has 1 aromatic heterocycles. The van der Waals surface area contributed by atoms with Crippen LogP contribution in [0.15, 0.2) is 97.3 Å². The minimum Gasteiger partial charge on any atom is -0.423 e. The van der Waals surface area contributed by atoms with Gasteiger partial charge in [0.1, 0.15) is 5.54 Å². The molecule has 0 saturated carbocycles. The fourth-order valence-corrected chi connectivity index (χ4v) is 3.78. The van der Waals surface area contributed by atoms with Gasteiger partial charge in [0.2, 0.25) is 0 Å². The first-order valence-corrected chi connectivity index (χ1v) is 9.22. The van der Waals surface area contributed by atoms with Crippen LogP contribution in [0.3, 0.4) is 0 Å². The van der Waals surface area contributed by atoms with Gasteiger partial charge in [0.15, 0.2) is 0 Å². The molecule has 4 rings (SSSR count). The van der Waals surface area contributed by atoms with Crippen LogP contribution in [-0.2, 0) is 5.54 Å². The van der Waals surface area contributed by atoms with Gasteiger partial charge in [-0.1, -0.05) is 90.5 Å². The Morgan fingerprint density at radius 2 is 1.36 bits per heavy atom. The number of aryl methyl sites for hydroxylation is 1. The Morgan fingerprint density at radius 3 is 1.86 bits per heavy atom. The van der Waals surface area contributed by atoms with E-state index in [1.807, 2.05) is 47.1 Å². The van der Waals surface area contributed by atoms with Gasteiger partial charge in [0.05, 0.1) is 0 Å². The summed E-state index contributed by atoms with van der Waals surface area (Å²) < 4.78 is 1.82. The zero-order valence-corrected chi connectivity index (χ0v) is 15.6. The third-order valence-corrected chi connectivity index (χ3v) is 5.06. The van der Waals surface area contributed by atoms with Crippen molar-refractivity contribution < 1.29 is 10.0 Å². The lowest BCUT2D eigenvalue weighted by atomic mass is 9.76. The van der Waals surface area contributed by atoms with Crippen LogP contribution >= 0.6 is 0 Å². The van der Waals surface area contributed by atoms with Crippen LogP contribution in [0.4, 0.5) is 0 Å². The Bertz CT molecular complexity index is 1020. The van der Waals surface area contributed by atoms with Gasteiger partial charge in [0.25, 0.3) is 0 Å². The zero-order valence-electron chi connectivity index (χ0n) is 15.6. The summed E-state index contributed by atoms with van der Waals surface area (Å²) in [5.74, 6) is 0. The van der Waals surface area contributed by atoms with Gasteiger partial charge < -0.3 is 10.0 Å². The van der Waals surface area contributed by atoms with E-state index in [1.54, 1.807) is 6.20 Å². The van der Waals surface area contributed by atoms with E-state index in [-0.39, 0.29) is 0 Å². The molecule has 4 aromatic rings. The third-order valence-electron chi connectivity index (χ3n) is 5.06. The molecule has 0 fully saturated rings. The van der Waals surface area contributed by atoms with Crippen LogP contribution in [0.2, 0.25) is 0 Å². The number of aromatic nitrogens is 2. The van der Waals surface area contributed by atoms with Gasteiger partial charge in [0, 0.05) is 17.9 Å². The second-order valence-electron chi connectivity index (χ2n) is 6.90. The highest BCUT2D eigenvalue weighted by Gasteiger charge is 2.39. The van der Waals surface area contributed by atoms with Crippen LogP contribution in [0.1, 0.15) is 22.3 Å². The molecule has 0 aliphatic rings. The SMILES string of the molecule is Cc1cccc(C(c2ccccc2)(c2ccccc2)n2cc(B(O)O)cn2)c1. The quantitative estimate of drug-likeness (QED) is 0.421. The lowest BCUT2D eigenvalue weighted by Crippen LogP contribution is -2.39. The summed E-state index contributed by atoms with van der Waals surface area (Å²) in [6.45, 7) is 2.07. The summed E-state index contributed by atoms with van der Waals surface area (Å²) in [5.41, 5.74) is 3.86. The minimum absolute atomic E-state index is 0.351. The molecule has 0 amide bonds. The van der Waals surface area contributed by atoms with E-state index in [2.05, 4.69) is 54.5 Å². The zero-order chi connectivity index (χ0) is 19.6. The molecule has 1 heterocycles. The van der Waals surface area contributed by atoms with E-state index >= 15 is 0 Å². The number of benzene rings is 3. The Morgan fingerprint density at radius 1 is 0.786 bits per heavy atom. The van der Waals surface area contributed by atoms with Crippen LogP contribution in [0.25, 0.3) is 0 Å². The third kappa shape index (κ3) is 3.05. The van der Waals surface area contributed by atoms with E-state index in [1.165, 1.54) is 6.20 Å². The monoisotopic (exact) mass is 368 g/mol. The summed E-state index contributed by atoms with van der Waals surface area (Å²) in [7, 11) is -1.57. The Hall–Kier alpha value is -3.15. The molecule has 0 radical (unpaired) electrons. The molecule has 0 bridgehead atoms. The maximum absolute atomic E-state index is 9.66. The van der Waals surface area contributed by atoms with Crippen molar-refractivity contribution in [3.05, 3.63) is 120 Å². The van der Waals surface area contributed by atoms with Gasteiger partial charge >= 0.3 is 7.12 Å². The highest BCUT2D eigenvalue weighted by molar-refractivity contribution is 6.58. The van der Waals surface area contributed by atoms with E-state index < -0.39 is 12.7 Å². The lowest BCUT2D eigenvalue weighted by Gasteiger charge is -2.36. The van der Waals surface area contributed by atoms with Crippen LogP contribution < -0.4 is 5.46 Å². The van der Waals surface area contributed by atoms with Crippen molar-refractivity contribution in [3.63, 3.8) is 0 Å². The first-order chi connectivity index (χ1) is 13.6. The highest BCUT2D eigenvalue weighted by Crippen LogP contribution is 2.40. The van der Waals surface area contributed by atoms with Crippen molar-refractivity contribution in [1.29, 1.82) is 0 Å². The molecule has 3 aromatic carbocycles. The predicted octanol–water partition coefficient (Wildman–Crippen LogP) is 2.71. The van der Waals surface area contributed by atoms with E-state index in [0.717, 1.165) is 22.3 Å². The fraction of sp³-hybridized carbons (Fsp3) is 0.0870. The van der Waals surface area contributed by atoms with Gasteiger partial charge in [-0.05, 0) is 23.6 Å². The number of nitrogens with zero attached hydrogens (tertiary/aromatic N) is 2. The molecule has 0 aliphatic heterocycles. The van der Waals surface area contributed by atoms with Crippen LogP contribution in [0, 0.1) is 6.92 Å². The molecule has 138 valence electrons. The smallest absolute Gasteiger partial charge is 0.423 e. The lowest BCUT2D eigenvalue weighted by molar-refractivity contribution is 0.425. The topological polar surface area (TPSA) is 58.3 Å². The minimum atomic E-state index is -1.57. The van der Waals surface area contributed by atoms with Crippen molar-refractivity contribution in [2.24, 2.45) is 0 Å². The summed E-state index contributed by atoms with van der Waals surface area (Å²) in [4.78, 5) is 0. The number of hydrogen-bond donors (Lipinski definition) is 2. The molecule has 0 saturated heterocycles. The van der Waals surface area contributed by atoms with Gasteiger partial charge in [-0.3, -0.25) is 4.68 Å². The first kappa shape index (κ1) is 18.2. The van der Waals surface area contributed by atoms with Gasteiger partial charge in [-0.2, -0.15) is 5.10 Å². The molecule has 0 aliphatic carbocycles. The largest absolute Gasteiger partial charge is 0.491 e. The van der Waals surface area contributed by atoms with Crippen LogP contribution in [-0.4, -0.2) is 26.9 Å². The maximum Gasteiger partial charge on any atom is 0.491 e. The summed E-state index contributed by atoms with van der Waals surface area (Å²) in [5, 5.41) is 23.9. The number of rotatable bonds is 5. The second kappa shape index (κ2) is 7.47. The molecule has 0 spiro atoms. The first-order valence-electron chi connectivity index (χ1n) is 9.22. The maximum atomic E-state index is 9.66. The van der Waals surface area contributed by atoms with Crippen molar-refractivity contribution >= 4 is 12.6 Å². The van der Waals surface area contributed by atoms with Crippen molar-refractivity contribution in [3.8, 4) is 0 Å². The molecule has 2 N–H and O–H groups in total. The Labute approximate surface area is 164 Å². The van der Waals surface area contributed by atoms with E-state index in [9.17, 15) is 10.0 Å². The fourth-order valence-electron chi connectivity index (χ4n) is 3.78. The van der Waals surface area contributed by atoms with Crippen LogP contribution in [0.5, 0.6) is 0 Å². The average molecular weight is 368 g/mol. The van der Waals surface area contributed by atoms with E-state index in [0.29, 0.717) is 5.46 Å². The molecule has 5 heteroatoms. The predicted molar refractivity (Wildman–Crippen MR) is 111 cm³/mol. The molecule has 0 atom stereocenters. The molecule has 28 heavy (non-hydrogen) atoms. The standard InChI is InChI=1S/C23H21BN2O2/c1-18-9-8-14-21(15-18)23(19-10-4-2-5-11-19,20-12-6-3-7-13-20)26-17-22(16-25-26)24(27)28/h2-17,27-28H,1H3. The Balaban J connectivity index is 2.11. The normalized spacial score (nSPS) is 11.4. The van der Waals surface area contributed by atoms with Crippen molar-refractivity contribution in [2.75, 3.05) is 0 Å². The molecule has 4 nitrogen and oxygen atoms in total. The van der Waals surface area contributed by atoms with Gasteiger partial charge in [-0.25, -0.2) is 0 Å². The molecular formula is C23H21BN2O2. The van der Waals surface area contributed by atoms with Gasteiger partial charge in [-0.15, -0.1) is 0 Å². The molecule has 0 unspecified atom stereocenters. The number of hydrogen-bond acceptors (Lipinski definition) is 3. The Kier molecular flexibility index (Phi) is 4.86. The summed E-state index contributed by atoms with van der Waals surface area (Å²) in [6.07, 6.45) is 3.20. The summed E-state index contributed by atoms with van der Waals surface area (Å²) in [6, 6.07) is 28.6. The van der Waals surface area contributed by atoms with Crippen molar-refractivity contribution in [1.82, 2.24) is 9.78 Å². The average Bonchev–Trinajstić information content (AvgIpc) is 3.21. The highest BCUT2D eigenvalue weighted by atomic mass is 16.4. The van der Waals surface area contributed by atoms with E-state index in [4.69, 9.17) is 0 Å². The summed E-state index contributed by atoms with van der Waals surface area (Å²) >= 11 is 0.